The largest absolute Gasteiger partial charge is 0.372 e. The van der Waals surface area contributed by atoms with E-state index in [0.29, 0.717) is 19.5 Å². The molecule has 0 bridgehead atoms. The number of carbonyl (C=O) groups is 1. The minimum atomic E-state index is -1.04. The van der Waals surface area contributed by atoms with E-state index in [0.717, 1.165) is 5.69 Å². The van der Waals surface area contributed by atoms with Gasteiger partial charge in [-0.25, -0.2) is 4.39 Å². The van der Waals surface area contributed by atoms with Gasteiger partial charge in [0.15, 0.2) is 0 Å². The molecular weight excluding hydrogens is 233 g/mol. The minimum Gasteiger partial charge on any atom is -0.372 e. The first kappa shape index (κ1) is 14.4. The van der Waals surface area contributed by atoms with E-state index in [1.807, 2.05) is 17.9 Å². The van der Waals surface area contributed by atoms with E-state index < -0.39 is 11.4 Å². The molecule has 0 aromatic heterocycles. The number of amides is 1. The van der Waals surface area contributed by atoms with Crippen LogP contribution in [0.1, 0.15) is 20.3 Å². The summed E-state index contributed by atoms with van der Waals surface area (Å²) in [7, 11) is 0. The Morgan fingerprint density at radius 2 is 2.17 bits per heavy atom. The van der Waals surface area contributed by atoms with Crippen molar-refractivity contribution in [3.05, 3.63) is 30.1 Å². The van der Waals surface area contributed by atoms with Crippen LogP contribution in [0.2, 0.25) is 0 Å². The summed E-state index contributed by atoms with van der Waals surface area (Å²) >= 11 is 0. The van der Waals surface area contributed by atoms with Crippen LogP contribution < -0.4 is 16.4 Å². The molecule has 0 radical (unpaired) electrons. The summed E-state index contributed by atoms with van der Waals surface area (Å²) < 4.78 is 13.1. The van der Waals surface area contributed by atoms with Crippen LogP contribution in [0.3, 0.4) is 0 Å². The second-order valence-corrected chi connectivity index (χ2v) is 4.59. The second-order valence-electron chi connectivity index (χ2n) is 4.59. The lowest BCUT2D eigenvalue weighted by Crippen LogP contribution is -2.51. The number of benzene rings is 1. The van der Waals surface area contributed by atoms with Crippen molar-refractivity contribution in [1.29, 1.82) is 0 Å². The predicted molar refractivity (Wildman–Crippen MR) is 70.7 cm³/mol. The lowest BCUT2D eigenvalue weighted by atomic mass is 9.98. The van der Waals surface area contributed by atoms with Crippen LogP contribution in [0.15, 0.2) is 24.3 Å². The van der Waals surface area contributed by atoms with Gasteiger partial charge in [-0.1, -0.05) is 6.07 Å². The molecular formula is C13H20FN3O. The zero-order chi connectivity index (χ0) is 13.8. The Labute approximate surface area is 107 Å². The maximum Gasteiger partial charge on any atom is 0.237 e. The van der Waals surface area contributed by atoms with Crippen LogP contribution >= 0.6 is 0 Å². The fourth-order valence-corrected chi connectivity index (χ4v) is 1.63. The van der Waals surface area contributed by atoms with Gasteiger partial charge in [-0.3, -0.25) is 4.79 Å². The third kappa shape index (κ3) is 3.70. The number of hydrogen-bond acceptors (Lipinski definition) is 3. The number of anilines is 1. The maximum atomic E-state index is 13.1. The number of nitrogens with zero attached hydrogens (tertiary/aromatic N) is 1. The van der Waals surface area contributed by atoms with Crippen LogP contribution in [-0.2, 0) is 4.79 Å². The van der Waals surface area contributed by atoms with Gasteiger partial charge >= 0.3 is 0 Å². The van der Waals surface area contributed by atoms with Crippen molar-refractivity contribution in [2.75, 3.05) is 18.0 Å². The van der Waals surface area contributed by atoms with Gasteiger partial charge in [0.05, 0.1) is 5.54 Å². The second kappa shape index (κ2) is 5.82. The van der Waals surface area contributed by atoms with E-state index in [4.69, 9.17) is 11.5 Å². The molecule has 18 heavy (non-hydrogen) atoms. The Morgan fingerprint density at radius 1 is 1.50 bits per heavy atom. The molecule has 1 amide bonds. The van der Waals surface area contributed by atoms with Crippen molar-refractivity contribution in [2.45, 2.75) is 25.8 Å². The monoisotopic (exact) mass is 253 g/mol. The molecule has 100 valence electrons. The van der Waals surface area contributed by atoms with Crippen molar-refractivity contribution < 1.29 is 9.18 Å². The molecule has 0 aliphatic carbocycles. The van der Waals surface area contributed by atoms with Crippen LogP contribution in [0, 0.1) is 5.82 Å². The third-order valence-electron chi connectivity index (χ3n) is 3.02. The molecule has 1 aromatic rings. The molecule has 1 aromatic carbocycles. The molecule has 0 saturated heterocycles. The van der Waals surface area contributed by atoms with Gasteiger partial charge in [-0.15, -0.1) is 0 Å². The number of rotatable bonds is 6. The van der Waals surface area contributed by atoms with Crippen LogP contribution in [-0.4, -0.2) is 24.5 Å². The quantitative estimate of drug-likeness (QED) is 0.801. The molecule has 1 rings (SSSR count). The van der Waals surface area contributed by atoms with Crippen molar-refractivity contribution in [3.63, 3.8) is 0 Å². The molecule has 0 spiro atoms. The van der Waals surface area contributed by atoms with Crippen molar-refractivity contribution >= 4 is 11.6 Å². The summed E-state index contributed by atoms with van der Waals surface area (Å²) in [6.45, 7) is 4.83. The Kier molecular flexibility index (Phi) is 4.67. The molecule has 1 unspecified atom stereocenters. The van der Waals surface area contributed by atoms with Gasteiger partial charge in [-0.05, 0) is 38.5 Å². The van der Waals surface area contributed by atoms with Gasteiger partial charge in [0.1, 0.15) is 5.82 Å². The molecule has 0 aliphatic heterocycles. The molecule has 0 saturated carbocycles. The van der Waals surface area contributed by atoms with Gasteiger partial charge in [0.2, 0.25) is 5.91 Å². The molecule has 1 atom stereocenters. The Morgan fingerprint density at radius 3 is 2.67 bits per heavy atom. The molecule has 0 fully saturated rings. The lowest BCUT2D eigenvalue weighted by Gasteiger charge is -2.28. The Bertz CT molecular complexity index is 420. The Balaban J connectivity index is 2.72. The first-order chi connectivity index (χ1) is 8.36. The third-order valence-corrected chi connectivity index (χ3v) is 3.02. The van der Waals surface area contributed by atoms with Gasteiger partial charge in [-0.2, -0.15) is 0 Å². The lowest BCUT2D eigenvalue weighted by molar-refractivity contribution is -0.122. The average molecular weight is 253 g/mol. The summed E-state index contributed by atoms with van der Waals surface area (Å²) in [4.78, 5) is 13.1. The average Bonchev–Trinajstić information content (AvgIpc) is 2.29. The number of primary amides is 1. The minimum absolute atomic E-state index is 0.281. The van der Waals surface area contributed by atoms with Gasteiger partial charge in [0.25, 0.3) is 0 Å². The highest BCUT2D eigenvalue weighted by atomic mass is 19.1. The molecule has 0 aliphatic rings. The van der Waals surface area contributed by atoms with Crippen molar-refractivity contribution in [3.8, 4) is 0 Å². The number of hydrogen-bond donors (Lipinski definition) is 2. The highest BCUT2D eigenvalue weighted by Crippen LogP contribution is 2.17. The smallest absolute Gasteiger partial charge is 0.237 e. The SMILES string of the molecule is CCN(CCC(C)(N)C(N)=O)c1cccc(F)c1. The summed E-state index contributed by atoms with van der Waals surface area (Å²) in [5.74, 6) is -0.811. The summed E-state index contributed by atoms with van der Waals surface area (Å²) in [6.07, 6.45) is 0.423. The van der Waals surface area contributed by atoms with E-state index in [2.05, 4.69) is 0 Å². The maximum absolute atomic E-state index is 13.1. The molecule has 4 nitrogen and oxygen atoms in total. The fraction of sp³-hybridized carbons (Fsp3) is 0.462. The van der Waals surface area contributed by atoms with E-state index >= 15 is 0 Å². The van der Waals surface area contributed by atoms with Crippen LogP contribution in [0.5, 0.6) is 0 Å². The topological polar surface area (TPSA) is 72.3 Å². The Hall–Kier alpha value is -1.62. The van der Waals surface area contributed by atoms with Crippen LogP contribution in [0.4, 0.5) is 10.1 Å². The first-order valence-electron chi connectivity index (χ1n) is 5.96. The van der Waals surface area contributed by atoms with E-state index in [-0.39, 0.29) is 5.82 Å². The normalized spacial score (nSPS) is 14.0. The number of nitrogens with two attached hydrogens (primary N) is 2. The zero-order valence-electron chi connectivity index (χ0n) is 10.8. The zero-order valence-corrected chi connectivity index (χ0v) is 10.8. The molecule has 0 heterocycles. The van der Waals surface area contributed by atoms with E-state index in [9.17, 15) is 9.18 Å². The molecule has 5 heteroatoms. The number of carbonyl (C=O) groups excluding carboxylic acids is 1. The summed E-state index contributed by atoms with van der Waals surface area (Å²) in [6, 6.07) is 6.34. The van der Waals surface area contributed by atoms with E-state index in [1.165, 1.54) is 12.1 Å². The van der Waals surface area contributed by atoms with E-state index in [1.54, 1.807) is 13.0 Å². The predicted octanol–water partition coefficient (Wildman–Crippen LogP) is 1.24. The highest BCUT2D eigenvalue weighted by molar-refractivity contribution is 5.83. The number of halogens is 1. The van der Waals surface area contributed by atoms with Crippen molar-refractivity contribution in [2.24, 2.45) is 11.5 Å². The highest BCUT2D eigenvalue weighted by Gasteiger charge is 2.26. The standard InChI is InChI=1S/C13H20FN3O/c1-3-17(8-7-13(2,16)12(15)18)11-6-4-5-10(14)9-11/h4-6,9H,3,7-8,16H2,1-2H3,(H2,15,18). The molecule has 4 N–H and O–H groups in total. The summed E-state index contributed by atoms with van der Waals surface area (Å²) in [5, 5.41) is 0. The fourth-order valence-electron chi connectivity index (χ4n) is 1.63. The van der Waals surface area contributed by atoms with Gasteiger partial charge in [0, 0.05) is 18.8 Å². The van der Waals surface area contributed by atoms with Crippen LogP contribution in [0.25, 0.3) is 0 Å². The van der Waals surface area contributed by atoms with Gasteiger partial charge < -0.3 is 16.4 Å². The van der Waals surface area contributed by atoms with Crippen molar-refractivity contribution in [1.82, 2.24) is 0 Å². The summed E-state index contributed by atoms with van der Waals surface area (Å²) in [5.41, 5.74) is 10.7. The first-order valence-corrected chi connectivity index (χ1v) is 5.96.